The number of aryl methyl sites for hydroxylation is 2. The molecule has 2 nitrogen and oxygen atoms in total. The molecule has 1 N–H and O–H groups in total. The second-order valence-corrected chi connectivity index (χ2v) is 8.09. The summed E-state index contributed by atoms with van der Waals surface area (Å²) in [5.41, 5.74) is 8.62. The van der Waals surface area contributed by atoms with Crippen molar-refractivity contribution in [1.29, 1.82) is 0 Å². The first-order valence-electron chi connectivity index (χ1n) is 10.1. The van der Waals surface area contributed by atoms with Gasteiger partial charge in [0, 0.05) is 5.02 Å². The molecule has 0 bridgehead atoms. The summed E-state index contributed by atoms with van der Waals surface area (Å²) < 4.78 is 0. The molecule has 0 saturated carbocycles. The molecule has 30 heavy (non-hydrogen) atoms. The first-order chi connectivity index (χ1) is 14.5. The van der Waals surface area contributed by atoms with Crippen molar-refractivity contribution in [3.8, 4) is 0 Å². The molecule has 0 aliphatic heterocycles. The van der Waals surface area contributed by atoms with Crippen molar-refractivity contribution in [2.45, 2.75) is 26.2 Å². The molecule has 0 amide bonds. The van der Waals surface area contributed by atoms with E-state index in [1.54, 1.807) is 0 Å². The number of rotatable bonds is 6. The third-order valence-corrected chi connectivity index (χ3v) is 5.85. The predicted octanol–water partition coefficient (Wildman–Crippen LogP) is 6.93. The van der Waals surface area contributed by atoms with Crippen LogP contribution in [0.15, 0.2) is 78.4 Å². The molecule has 3 aromatic carbocycles. The number of benzene rings is 3. The average Bonchev–Trinajstić information content (AvgIpc) is 2.99. The van der Waals surface area contributed by atoms with Crippen LogP contribution in [0.1, 0.15) is 41.2 Å². The first-order valence-corrected chi connectivity index (χ1v) is 10.5. The van der Waals surface area contributed by atoms with E-state index in [1.807, 2.05) is 31.2 Å². The number of carboxylic acid groups (broad SMARTS) is 1. The van der Waals surface area contributed by atoms with Crippen molar-refractivity contribution >= 4 is 34.8 Å². The molecule has 4 rings (SSSR count). The maximum atomic E-state index is 11.4. The molecule has 3 heteroatoms. The zero-order chi connectivity index (χ0) is 21.1. The van der Waals surface area contributed by atoms with E-state index >= 15 is 0 Å². The lowest BCUT2D eigenvalue weighted by molar-refractivity contribution is -0.135. The van der Waals surface area contributed by atoms with Gasteiger partial charge < -0.3 is 5.11 Å². The highest BCUT2D eigenvalue weighted by molar-refractivity contribution is 6.31. The van der Waals surface area contributed by atoms with E-state index in [1.165, 1.54) is 11.1 Å². The van der Waals surface area contributed by atoms with Gasteiger partial charge in [0.2, 0.25) is 0 Å². The van der Waals surface area contributed by atoms with Gasteiger partial charge in [-0.05, 0) is 82.5 Å². The smallest absolute Gasteiger partial charge is 0.307 e. The highest BCUT2D eigenvalue weighted by Crippen LogP contribution is 2.44. The lowest BCUT2D eigenvalue weighted by atomic mass is 9.99. The number of allylic oxidation sites excluding steroid dienone is 2. The summed E-state index contributed by atoms with van der Waals surface area (Å²) in [4.78, 5) is 11.4. The van der Waals surface area contributed by atoms with Crippen molar-refractivity contribution in [2.75, 3.05) is 0 Å². The Morgan fingerprint density at radius 3 is 2.23 bits per heavy atom. The molecule has 0 fully saturated rings. The van der Waals surface area contributed by atoms with Crippen LogP contribution in [0, 0.1) is 0 Å². The van der Waals surface area contributed by atoms with Gasteiger partial charge in [0.1, 0.15) is 0 Å². The third kappa shape index (κ3) is 4.39. The number of aliphatic carboxylic acids is 1. The van der Waals surface area contributed by atoms with Crippen LogP contribution in [0.25, 0.3) is 17.2 Å². The predicted molar refractivity (Wildman–Crippen MR) is 124 cm³/mol. The third-order valence-electron chi connectivity index (χ3n) is 5.62. The van der Waals surface area contributed by atoms with Crippen LogP contribution >= 0.6 is 11.6 Å². The van der Waals surface area contributed by atoms with Gasteiger partial charge in [-0.25, -0.2) is 0 Å². The van der Waals surface area contributed by atoms with Crippen LogP contribution in [-0.4, -0.2) is 11.1 Å². The molecule has 0 radical (unpaired) electrons. The first kappa shape index (κ1) is 20.2. The van der Waals surface area contributed by atoms with Crippen LogP contribution in [0.4, 0.5) is 0 Å². The Morgan fingerprint density at radius 2 is 1.57 bits per heavy atom. The normalized spacial score (nSPS) is 14.3. The van der Waals surface area contributed by atoms with Gasteiger partial charge >= 0.3 is 5.97 Å². The number of carbonyl (C=O) groups is 1. The van der Waals surface area contributed by atoms with Gasteiger partial charge in [-0.2, -0.15) is 0 Å². The average molecular weight is 415 g/mol. The minimum atomic E-state index is -0.834. The maximum Gasteiger partial charge on any atom is 0.307 e. The summed E-state index contributed by atoms with van der Waals surface area (Å²) in [6.45, 7) is 1.99. The number of hydrogen-bond donors (Lipinski definition) is 1. The quantitative estimate of drug-likeness (QED) is 0.475. The van der Waals surface area contributed by atoms with Gasteiger partial charge in [-0.15, -0.1) is 0 Å². The van der Waals surface area contributed by atoms with Gasteiger partial charge in [-0.3, -0.25) is 4.79 Å². The number of fused-ring (bicyclic) bond motifs is 1. The molecule has 150 valence electrons. The van der Waals surface area contributed by atoms with Gasteiger partial charge in [0.15, 0.2) is 0 Å². The summed E-state index contributed by atoms with van der Waals surface area (Å²) in [5, 5.41) is 9.96. The molecule has 0 saturated heterocycles. The fourth-order valence-corrected chi connectivity index (χ4v) is 4.19. The van der Waals surface area contributed by atoms with Crippen molar-refractivity contribution in [1.82, 2.24) is 0 Å². The summed E-state index contributed by atoms with van der Waals surface area (Å²) in [7, 11) is 0. The minimum absolute atomic E-state index is 0.00502. The second-order valence-electron chi connectivity index (χ2n) is 7.65. The van der Waals surface area contributed by atoms with E-state index < -0.39 is 5.97 Å². The van der Waals surface area contributed by atoms with E-state index in [9.17, 15) is 9.90 Å². The van der Waals surface area contributed by atoms with E-state index in [-0.39, 0.29) is 6.42 Å². The Morgan fingerprint density at radius 1 is 0.900 bits per heavy atom. The molecule has 0 aromatic heterocycles. The zero-order valence-electron chi connectivity index (χ0n) is 16.9. The Bertz CT molecular complexity index is 1140. The van der Waals surface area contributed by atoms with Gasteiger partial charge in [0.25, 0.3) is 0 Å². The van der Waals surface area contributed by atoms with Crippen molar-refractivity contribution in [3.05, 3.63) is 111 Å². The van der Waals surface area contributed by atoms with Crippen LogP contribution in [0.2, 0.25) is 5.02 Å². The van der Waals surface area contributed by atoms with Crippen LogP contribution in [-0.2, 0) is 17.6 Å². The van der Waals surface area contributed by atoms with Gasteiger partial charge in [0.05, 0.1) is 6.42 Å². The molecular weight excluding hydrogens is 392 g/mol. The fourth-order valence-electron chi connectivity index (χ4n) is 4.01. The van der Waals surface area contributed by atoms with Crippen LogP contribution < -0.4 is 0 Å². The van der Waals surface area contributed by atoms with E-state index in [4.69, 9.17) is 11.6 Å². The lowest BCUT2D eigenvalue weighted by Gasteiger charge is -2.06. The summed E-state index contributed by atoms with van der Waals surface area (Å²) in [6.07, 6.45) is 4.16. The van der Waals surface area contributed by atoms with Crippen molar-refractivity contribution in [2.24, 2.45) is 0 Å². The molecule has 1 aliphatic carbocycles. The fraction of sp³-hybridized carbons (Fsp3) is 0.148. The number of carboxylic acids is 1. The Kier molecular flexibility index (Phi) is 5.87. The van der Waals surface area contributed by atoms with E-state index in [2.05, 4.69) is 54.6 Å². The monoisotopic (exact) mass is 414 g/mol. The lowest BCUT2D eigenvalue weighted by Crippen LogP contribution is -1.96. The Labute approximate surface area is 182 Å². The standard InChI is InChI=1S/C27H23ClO2/c1-18-24(23-14-13-22(28)16-26(23)25(18)17-27(29)30)15-21-11-9-20(10-12-21)8-7-19-5-3-2-4-6-19/h2-6,9-16H,7-8,17H2,1H3,(H,29,30)/b24-15-. The molecule has 0 atom stereocenters. The Hall–Kier alpha value is -3.10. The largest absolute Gasteiger partial charge is 0.481 e. The highest BCUT2D eigenvalue weighted by atomic mass is 35.5. The molecule has 3 aromatic rings. The minimum Gasteiger partial charge on any atom is -0.481 e. The topological polar surface area (TPSA) is 37.3 Å². The zero-order valence-corrected chi connectivity index (χ0v) is 17.6. The number of halogens is 1. The summed E-state index contributed by atoms with van der Waals surface area (Å²) in [5.74, 6) is -0.834. The van der Waals surface area contributed by atoms with Crippen molar-refractivity contribution in [3.63, 3.8) is 0 Å². The SMILES string of the molecule is CC1=C(CC(=O)O)c2cc(Cl)ccc2/C1=C\c1ccc(CCc2ccccc2)cc1. The molecule has 0 spiro atoms. The van der Waals surface area contributed by atoms with Crippen LogP contribution in [0.3, 0.4) is 0 Å². The molecule has 1 aliphatic rings. The van der Waals surface area contributed by atoms with Crippen LogP contribution in [0.5, 0.6) is 0 Å². The summed E-state index contributed by atoms with van der Waals surface area (Å²) in [6, 6.07) is 24.8. The molecule has 0 heterocycles. The van der Waals surface area contributed by atoms with Crippen molar-refractivity contribution < 1.29 is 9.90 Å². The number of hydrogen-bond acceptors (Lipinski definition) is 1. The van der Waals surface area contributed by atoms with E-state index in [0.717, 1.165) is 46.3 Å². The van der Waals surface area contributed by atoms with E-state index in [0.29, 0.717) is 5.02 Å². The highest BCUT2D eigenvalue weighted by Gasteiger charge is 2.25. The second kappa shape index (κ2) is 8.73. The Balaban J connectivity index is 1.59. The maximum absolute atomic E-state index is 11.4. The molecule has 0 unspecified atom stereocenters. The summed E-state index contributed by atoms with van der Waals surface area (Å²) >= 11 is 6.18. The molecular formula is C27H23ClO2. The van der Waals surface area contributed by atoms with Gasteiger partial charge in [-0.1, -0.05) is 72.3 Å².